The van der Waals surface area contributed by atoms with Crippen molar-refractivity contribution in [2.75, 3.05) is 26.2 Å². The molecule has 10 heteroatoms. The van der Waals surface area contributed by atoms with Crippen LogP contribution < -0.4 is 10.6 Å². The highest BCUT2D eigenvalue weighted by molar-refractivity contribution is 5.89. The van der Waals surface area contributed by atoms with Crippen LogP contribution in [0.2, 0.25) is 0 Å². The van der Waals surface area contributed by atoms with Gasteiger partial charge in [0.15, 0.2) is 0 Å². The highest BCUT2D eigenvalue weighted by atomic mass is 19.1. The van der Waals surface area contributed by atoms with Crippen molar-refractivity contribution in [3.05, 3.63) is 71.3 Å². The topological polar surface area (TPSA) is 102 Å². The van der Waals surface area contributed by atoms with Gasteiger partial charge in [0.25, 0.3) is 0 Å². The SMILES string of the molecule is CCCCN1CC(C(=O)NC(Cc2cc(F)cc(F)c2)[C@H](O)[C@@H]2NCCN(Cc3ccccc3)C2=O)CC1=O. The number of carbonyl (C=O) groups is 3. The molecule has 3 N–H and O–H groups in total. The van der Waals surface area contributed by atoms with E-state index in [0.29, 0.717) is 26.2 Å². The van der Waals surface area contributed by atoms with E-state index in [1.165, 1.54) is 0 Å². The van der Waals surface area contributed by atoms with Crippen molar-refractivity contribution < 1.29 is 28.3 Å². The van der Waals surface area contributed by atoms with Crippen LogP contribution in [0.25, 0.3) is 0 Å². The van der Waals surface area contributed by atoms with Crippen LogP contribution in [0.4, 0.5) is 8.78 Å². The van der Waals surface area contributed by atoms with Crippen LogP contribution in [-0.4, -0.2) is 77.0 Å². The predicted molar refractivity (Wildman–Crippen MR) is 141 cm³/mol. The van der Waals surface area contributed by atoms with Gasteiger partial charge >= 0.3 is 0 Å². The Hall–Kier alpha value is -3.37. The summed E-state index contributed by atoms with van der Waals surface area (Å²) in [4.78, 5) is 42.4. The molecule has 0 radical (unpaired) electrons. The fourth-order valence-electron chi connectivity index (χ4n) is 5.26. The van der Waals surface area contributed by atoms with E-state index in [0.717, 1.165) is 36.6 Å². The summed E-state index contributed by atoms with van der Waals surface area (Å²) >= 11 is 0. The summed E-state index contributed by atoms with van der Waals surface area (Å²) in [5, 5.41) is 17.3. The van der Waals surface area contributed by atoms with E-state index in [9.17, 15) is 28.3 Å². The minimum absolute atomic E-state index is 0.0540. The Morgan fingerprint density at radius 3 is 2.51 bits per heavy atom. The van der Waals surface area contributed by atoms with Crippen molar-refractivity contribution in [1.82, 2.24) is 20.4 Å². The van der Waals surface area contributed by atoms with Gasteiger partial charge in [-0.25, -0.2) is 8.78 Å². The molecule has 0 bridgehead atoms. The predicted octanol–water partition coefficient (Wildman–Crippen LogP) is 2.00. The number of amides is 3. The molecule has 2 saturated heterocycles. The van der Waals surface area contributed by atoms with E-state index >= 15 is 0 Å². The number of benzene rings is 2. The second-order valence-corrected chi connectivity index (χ2v) is 10.4. The largest absolute Gasteiger partial charge is 0.389 e. The molecule has 8 nitrogen and oxygen atoms in total. The third-order valence-electron chi connectivity index (χ3n) is 7.37. The lowest BCUT2D eigenvalue weighted by atomic mass is 9.93. The summed E-state index contributed by atoms with van der Waals surface area (Å²) < 4.78 is 27.9. The molecule has 0 spiro atoms. The second-order valence-electron chi connectivity index (χ2n) is 10.4. The Morgan fingerprint density at radius 2 is 1.82 bits per heavy atom. The lowest BCUT2D eigenvalue weighted by Crippen LogP contribution is -2.64. The van der Waals surface area contributed by atoms with Crippen LogP contribution >= 0.6 is 0 Å². The number of hydrogen-bond acceptors (Lipinski definition) is 5. The number of piperazine rings is 1. The van der Waals surface area contributed by atoms with Gasteiger partial charge in [0.2, 0.25) is 17.7 Å². The van der Waals surface area contributed by atoms with Gasteiger partial charge in [-0.05, 0) is 36.1 Å². The van der Waals surface area contributed by atoms with Crippen LogP contribution in [0.15, 0.2) is 48.5 Å². The van der Waals surface area contributed by atoms with Crippen LogP contribution in [0, 0.1) is 17.6 Å². The molecule has 2 aliphatic heterocycles. The van der Waals surface area contributed by atoms with Gasteiger partial charge < -0.3 is 25.5 Å². The van der Waals surface area contributed by atoms with Crippen molar-refractivity contribution in [3.8, 4) is 0 Å². The van der Waals surface area contributed by atoms with Gasteiger partial charge in [0, 0.05) is 45.2 Å². The molecule has 0 saturated carbocycles. The van der Waals surface area contributed by atoms with Crippen molar-refractivity contribution in [3.63, 3.8) is 0 Å². The lowest BCUT2D eigenvalue weighted by Gasteiger charge is -2.38. The third kappa shape index (κ3) is 7.39. The number of aliphatic hydroxyl groups excluding tert-OH is 1. The zero-order valence-electron chi connectivity index (χ0n) is 22.1. The van der Waals surface area contributed by atoms with Crippen LogP contribution in [-0.2, 0) is 27.3 Å². The molecule has 210 valence electrons. The molecule has 2 aromatic carbocycles. The van der Waals surface area contributed by atoms with Crippen molar-refractivity contribution in [2.24, 2.45) is 5.92 Å². The molecule has 39 heavy (non-hydrogen) atoms. The lowest BCUT2D eigenvalue weighted by molar-refractivity contribution is -0.141. The first kappa shape index (κ1) is 28.6. The Balaban J connectivity index is 1.51. The van der Waals surface area contributed by atoms with Gasteiger partial charge in [0.1, 0.15) is 17.7 Å². The average molecular weight is 543 g/mol. The maximum atomic E-state index is 13.9. The van der Waals surface area contributed by atoms with E-state index < -0.39 is 41.6 Å². The summed E-state index contributed by atoms with van der Waals surface area (Å²) in [5.74, 6) is -3.04. The van der Waals surface area contributed by atoms with Crippen molar-refractivity contribution in [2.45, 2.75) is 57.3 Å². The maximum Gasteiger partial charge on any atom is 0.242 e. The summed E-state index contributed by atoms with van der Waals surface area (Å²) in [6, 6.07) is 10.4. The first-order valence-corrected chi connectivity index (χ1v) is 13.5. The molecule has 2 unspecified atom stereocenters. The maximum absolute atomic E-state index is 13.9. The van der Waals surface area contributed by atoms with Crippen molar-refractivity contribution >= 4 is 17.7 Å². The summed E-state index contributed by atoms with van der Waals surface area (Å²) in [6.07, 6.45) is 0.314. The zero-order chi connectivity index (χ0) is 27.9. The molecule has 2 heterocycles. The van der Waals surface area contributed by atoms with E-state index in [1.807, 2.05) is 37.3 Å². The van der Waals surface area contributed by atoms with Crippen LogP contribution in [0.3, 0.4) is 0 Å². The molecule has 2 fully saturated rings. The average Bonchev–Trinajstić information content (AvgIpc) is 3.28. The second kappa shape index (κ2) is 13.1. The summed E-state index contributed by atoms with van der Waals surface area (Å²) in [5.41, 5.74) is 1.17. The van der Waals surface area contributed by atoms with Gasteiger partial charge in [-0.15, -0.1) is 0 Å². The fraction of sp³-hybridized carbons (Fsp3) is 0.483. The molecule has 0 aliphatic carbocycles. The quantitative estimate of drug-likeness (QED) is 0.403. The van der Waals surface area contributed by atoms with Crippen LogP contribution in [0.5, 0.6) is 0 Å². The molecular formula is C29H36F2N4O4. The first-order valence-electron chi connectivity index (χ1n) is 13.5. The van der Waals surface area contributed by atoms with Gasteiger partial charge in [0.05, 0.1) is 18.1 Å². The number of nitrogens with one attached hydrogen (secondary N) is 2. The molecule has 4 atom stereocenters. The molecule has 3 amide bonds. The minimum Gasteiger partial charge on any atom is -0.389 e. The highest BCUT2D eigenvalue weighted by Gasteiger charge is 2.40. The fourth-order valence-corrected chi connectivity index (χ4v) is 5.26. The third-order valence-corrected chi connectivity index (χ3v) is 7.37. The number of aliphatic hydroxyl groups is 1. The smallest absolute Gasteiger partial charge is 0.242 e. The molecule has 0 aromatic heterocycles. The molecule has 2 aromatic rings. The Kier molecular flexibility index (Phi) is 9.63. The number of halogens is 2. The van der Waals surface area contributed by atoms with Gasteiger partial charge in [-0.2, -0.15) is 0 Å². The van der Waals surface area contributed by atoms with E-state index in [4.69, 9.17) is 0 Å². The highest BCUT2D eigenvalue weighted by Crippen LogP contribution is 2.21. The van der Waals surface area contributed by atoms with Gasteiger partial charge in [-0.1, -0.05) is 43.7 Å². The monoisotopic (exact) mass is 542 g/mol. The van der Waals surface area contributed by atoms with Crippen molar-refractivity contribution in [1.29, 1.82) is 0 Å². The van der Waals surface area contributed by atoms with Gasteiger partial charge in [-0.3, -0.25) is 14.4 Å². The molecule has 2 aliphatic rings. The number of nitrogens with zero attached hydrogens (tertiary/aromatic N) is 2. The number of hydrogen-bond donors (Lipinski definition) is 3. The Morgan fingerprint density at radius 1 is 1.10 bits per heavy atom. The number of rotatable bonds is 11. The normalized spacial score (nSPS) is 21.2. The number of unbranched alkanes of at least 4 members (excludes halogenated alkanes) is 1. The standard InChI is InChI=1S/C29H36F2N4O4/c1-2-3-10-34-18-21(15-25(34)36)28(38)33-24(14-20-12-22(30)16-23(31)13-20)27(37)26-29(39)35(11-9-32-26)17-19-7-5-4-6-8-19/h4-8,12-13,16,21,24,26-27,32,37H,2-3,9-11,14-15,17-18H2,1H3,(H,33,38)/t21?,24?,26-,27-/m0/s1. The Bertz CT molecular complexity index is 1140. The molecular weight excluding hydrogens is 506 g/mol. The first-order chi connectivity index (χ1) is 18.7. The summed E-state index contributed by atoms with van der Waals surface area (Å²) in [6.45, 7) is 4.11. The van der Waals surface area contributed by atoms with E-state index in [-0.39, 0.29) is 36.8 Å². The van der Waals surface area contributed by atoms with E-state index in [1.54, 1.807) is 9.80 Å². The van der Waals surface area contributed by atoms with E-state index in [2.05, 4.69) is 10.6 Å². The zero-order valence-corrected chi connectivity index (χ0v) is 22.1. The Labute approximate surface area is 227 Å². The summed E-state index contributed by atoms with van der Waals surface area (Å²) in [7, 11) is 0. The number of carbonyl (C=O) groups excluding carboxylic acids is 3. The molecule has 4 rings (SSSR count). The van der Waals surface area contributed by atoms with Crippen LogP contribution in [0.1, 0.15) is 37.3 Å². The minimum atomic E-state index is -1.39. The number of likely N-dealkylation sites (tertiary alicyclic amines) is 1.